The third kappa shape index (κ3) is 2.48. The van der Waals surface area contributed by atoms with Gasteiger partial charge >= 0.3 is 0 Å². The van der Waals surface area contributed by atoms with Crippen LogP contribution in [0, 0.1) is 0 Å². The Labute approximate surface area is 125 Å². The lowest BCUT2D eigenvalue weighted by Gasteiger charge is -2.36. The van der Waals surface area contributed by atoms with E-state index in [0.717, 1.165) is 24.2 Å². The zero-order chi connectivity index (χ0) is 14.7. The number of para-hydroxylation sites is 1. The number of rotatable bonds is 5. The molecule has 1 aliphatic rings. The fraction of sp³-hybridized carbons (Fsp3) is 0.438. The highest BCUT2D eigenvalue weighted by atomic mass is 16.5. The fourth-order valence-electron chi connectivity index (χ4n) is 3.41. The van der Waals surface area contributed by atoms with Gasteiger partial charge in [0.05, 0.1) is 23.0 Å². The number of ether oxygens (including phenoxy) is 1. The molecule has 1 aromatic carbocycles. The second-order valence-corrected chi connectivity index (χ2v) is 5.58. The third-order valence-corrected chi connectivity index (χ3v) is 4.52. The maximum absolute atomic E-state index is 5.88. The molecule has 2 aromatic rings. The van der Waals surface area contributed by atoms with Crippen LogP contribution in [0.4, 0.5) is 0 Å². The van der Waals surface area contributed by atoms with Crippen molar-refractivity contribution in [2.75, 3.05) is 7.11 Å². The highest BCUT2D eigenvalue weighted by molar-refractivity contribution is 5.34. The van der Waals surface area contributed by atoms with Gasteiger partial charge in [-0.25, -0.2) is 10.1 Å². The van der Waals surface area contributed by atoms with Crippen LogP contribution in [0.2, 0.25) is 0 Å². The Kier molecular flexibility index (Phi) is 4.05. The van der Waals surface area contributed by atoms with Gasteiger partial charge in [0.1, 0.15) is 0 Å². The van der Waals surface area contributed by atoms with Crippen LogP contribution in [0.1, 0.15) is 37.4 Å². The van der Waals surface area contributed by atoms with Crippen molar-refractivity contribution in [2.45, 2.75) is 37.3 Å². The van der Waals surface area contributed by atoms with Crippen molar-refractivity contribution in [2.24, 2.45) is 5.84 Å². The molecule has 1 saturated carbocycles. The summed E-state index contributed by atoms with van der Waals surface area (Å²) in [5.74, 6) is 5.88. The van der Waals surface area contributed by atoms with E-state index in [2.05, 4.69) is 10.5 Å². The van der Waals surface area contributed by atoms with Crippen LogP contribution >= 0.6 is 0 Å². The summed E-state index contributed by atoms with van der Waals surface area (Å²) in [6.45, 7) is 0. The lowest BCUT2D eigenvalue weighted by atomic mass is 9.90. The lowest BCUT2D eigenvalue weighted by molar-refractivity contribution is -0.0385. The molecule has 5 nitrogen and oxygen atoms in total. The van der Waals surface area contributed by atoms with Gasteiger partial charge in [-0.2, -0.15) is 5.10 Å². The van der Waals surface area contributed by atoms with Gasteiger partial charge in [-0.05, 0) is 31.0 Å². The Morgan fingerprint density at radius 3 is 2.57 bits per heavy atom. The van der Waals surface area contributed by atoms with Crippen molar-refractivity contribution in [3.8, 4) is 5.69 Å². The van der Waals surface area contributed by atoms with E-state index in [0.29, 0.717) is 0 Å². The van der Waals surface area contributed by atoms with Crippen LogP contribution in [0.5, 0.6) is 0 Å². The van der Waals surface area contributed by atoms with Gasteiger partial charge in [-0.15, -0.1) is 0 Å². The van der Waals surface area contributed by atoms with Gasteiger partial charge in [0.2, 0.25) is 0 Å². The smallest absolute Gasteiger partial charge is 0.0922 e. The molecular weight excluding hydrogens is 264 g/mol. The second kappa shape index (κ2) is 5.97. The van der Waals surface area contributed by atoms with Crippen LogP contribution in [0.25, 0.3) is 5.69 Å². The predicted molar refractivity (Wildman–Crippen MR) is 81.8 cm³/mol. The average molecular weight is 286 g/mol. The molecule has 1 aromatic heterocycles. The number of nitrogens with zero attached hydrogens (tertiary/aromatic N) is 2. The highest BCUT2D eigenvalue weighted by Crippen LogP contribution is 2.42. The van der Waals surface area contributed by atoms with Crippen molar-refractivity contribution in [3.63, 3.8) is 0 Å². The van der Waals surface area contributed by atoms with Gasteiger partial charge < -0.3 is 4.74 Å². The Hall–Kier alpha value is -1.69. The van der Waals surface area contributed by atoms with Crippen LogP contribution in [-0.2, 0) is 4.74 Å². The molecular formula is C16H22N4O. The van der Waals surface area contributed by atoms with E-state index >= 15 is 0 Å². The van der Waals surface area contributed by atoms with Crippen molar-refractivity contribution >= 4 is 0 Å². The van der Waals surface area contributed by atoms with Crippen LogP contribution in [0.15, 0.2) is 42.6 Å². The lowest BCUT2D eigenvalue weighted by Crippen LogP contribution is -2.47. The first-order valence-electron chi connectivity index (χ1n) is 7.41. The molecule has 1 aliphatic carbocycles. The van der Waals surface area contributed by atoms with Crippen LogP contribution in [-0.4, -0.2) is 22.5 Å². The Bertz CT molecular complexity index is 575. The molecule has 21 heavy (non-hydrogen) atoms. The summed E-state index contributed by atoms with van der Waals surface area (Å²) in [5, 5.41) is 4.46. The first-order valence-corrected chi connectivity index (χ1v) is 7.41. The Morgan fingerprint density at radius 1 is 1.24 bits per heavy atom. The number of hydrogen-bond acceptors (Lipinski definition) is 4. The van der Waals surface area contributed by atoms with Crippen LogP contribution < -0.4 is 11.3 Å². The summed E-state index contributed by atoms with van der Waals surface area (Å²) in [6, 6.07) is 12.0. The fourth-order valence-corrected chi connectivity index (χ4v) is 3.41. The quantitative estimate of drug-likeness (QED) is 0.654. The van der Waals surface area contributed by atoms with Crippen molar-refractivity contribution < 1.29 is 4.74 Å². The average Bonchev–Trinajstić information content (AvgIpc) is 3.19. The summed E-state index contributed by atoms with van der Waals surface area (Å²) in [5.41, 5.74) is 4.78. The van der Waals surface area contributed by atoms with Crippen molar-refractivity contribution in [1.82, 2.24) is 15.2 Å². The summed E-state index contributed by atoms with van der Waals surface area (Å²) in [6.07, 6.45) is 6.18. The first kappa shape index (κ1) is 14.3. The monoisotopic (exact) mass is 286 g/mol. The molecule has 0 radical (unpaired) electrons. The number of benzene rings is 1. The molecule has 0 spiro atoms. The first-order chi connectivity index (χ1) is 10.3. The molecule has 0 aliphatic heterocycles. The predicted octanol–water partition coefficient (Wildman–Crippen LogP) is 2.34. The zero-order valence-corrected chi connectivity index (χ0v) is 12.3. The zero-order valence-electron chi connectivity index (χ0n) is 12.3. The highest BCUT2D eigenvalue weighted by Gasteiger charge is 2.43. The molecule has 1 atom stereocenters. The normalized spacial score (nSPS) is 18.8. The van der Waals surface area contributed by atoms with Gasteiger partial charge in [-0.1, -0.05) is 31.0 Å². The summed E-state index contributed by atoms with van der Waals surface area (Å²) >= 11 is 0. The van der Waals surface area contributed by atoms with E-state index in [1.807, 2.05) is 47.3 Å². The Morgan fingerprint density at radius 2 is 1.95 bits per heavy atom. The molecule has 5 heteroatoms. The van der Waals surface area contributed by atoms with Crippen molar-refractivity contribution in [1.29, 1.82) is 0 Å². The van der Waals surface area contributed by atoms with E-state index < -0.39 is 0 Å². The molecule has 112 valence electrons. The molecule has 0 bridgehead atoms. The van der Waals surface area contributed by atoms with Gasteiger partial charge in [0.25, 0.3) is 0 Å². The molecule has 0 saturated heterocycles. The number of nitrogens with two attached hydrogens (primary N) is 1. The standard InChI is InChI=1S/C16H22N4O/c1-21-16(10-5-6-11-16)15(19-17)14-9-12-18-20(14)13-7-3-2-4-8-13/h2-4,7-9,12,15,19H,5-6,10-11,17H2,1H3. The van der Waals surface area contributed by atoms with E-state index in [9.17, 15) is 0 Å². The Balaban J connectivity index is 2.01. The third-order valence-electron chi connectivity index (χ3n) is 4.52. The summed E-state index contributed by atoms with van der Waals surface area (Å²) in [4.78, 5) is 0. The summed E-state index contributed by atoms with van der Waals surface area (Å²) in [7, 11) is 1.78. The number of methoxy groups -OCH3 is 1. The number of hydrogen-bond donors (Lipinski definition) is 2. The van der Waals surface area contributed by atoms with Crippen molar-refractivity contribution in [3.05, 3.63) is 48.3 Å². The van der Waals surface area contributed by atoms with E-state index in [1.54, 1.807) is 7.11 Å². The van der Waals surface area contributed by atoms with Gasteiger partial charge in [-0.3, -0.25) is 5.84 Å². The molecule has 3 N–H and O–H groups in total. The number of hydrazine groups is 1. The number of aromatic nitrogens is 2. The van der Waals surface area contributed by atoms with Crippen LogP contribution in [0.3, 0.4) is 0 Å². The molecule has 1 fully saturated rings. The van der Waals surface area contributed by atoms with E-state index in [1.165, 1.54) is 12.8 Å². The molecule has 0 amide bonds. The topological polar surface area (TPSA) is 65.1 Å². The number of nitrogens with one attached hydrogen (secondary N) is 1. The molecule has 1 heterocycles. The minimum Gasteiger partial charge on any atom is -0.376 e. The summed E-state index contributed by atoms with van der Waals surface area (Å²) < 4.78 is 7.82. The second-order valence-electron chi connectivity index (χ2n) is 5.58. The molecule has 1 unspecified atom stereocenters. The largest absolute Gasteiger partial charge is 0.376 e. The SMILES string of the molecule is COC1(C(NN)c2ccnn2-c2ccccc2)CCCC1. The maximum Gasteiger partial charge on any atom is 0.0922 e. The maximum atomic E-state index is 5.88. The van der Waals surface area contributed by atoms with E-state index in [4.69, 9.17) is 10.6 Å². The minimum absolute atomic E-state index is 0.0762. The van der Waals surface area contributed by atoms with Gasteiger partial charge in [0.15, 0.2) is 0 Å². The van der Waals surface area contributed by atoms with E-state index in [-0.39, 0.29) is 11.6 Å². The van der Waals surface area contributed by atoms with Gasteiger partial charge in [0, 0.05) is 13.3 Å². The minimum atomic E-state index is -0.249. The molecule has 3 rings (SSSR count).